The molecule has 1 rings (SSSR count). The number of ketones is 1. The first kappa shape index (κ1) is 7.51. The Bertz CT molecular complexity index is 129. The van der Waals surface area contributed by atoms with E-state index in [4.69, 9.17) is 0 Å². The van der Waals surface area contributed by atoms with Crippen molar-refractivity contribution in [1.82, 2.24) is 0 Å². The Hall–Kier alpha value is 0.400. The minimum atomic E-state index is -0.0317. The molecule has 2 heteroatoms. The lowest BCUT2D eigenvalue weighted by Crippen LogP contribution is -2.31. The average molecular weight is 238 g/mol. The van der Waals surface area contributed by atoms with E-state index in [9.17, 15) is 4.79 Å². The summed E-state index contributed by atoms with van der Waals surface area (Å²) in [5.41, 5.74) is 0. The van der Waals surface area contributed by atoms with Crippen molar-refractivity contribution in [3.63, 3.8) is 0 Å². The first-order valence-corrected chi connectivity index (χ1v) is 4.43. The second kappa shape index (κ2) is 2.56. The van der Waals surface area contributed by atoms with Crippen molar-refractivity contribution in [2.75, 3.05) is 0 Å². The normalized spacial score (nSPS) is 36.9. The fourth-order valence-corrected chi connectivity index (χ4v) is 1.79. The van der Waals surface area contributed by atoms with Gasteiger partial charge in [-0.25, -0.2) is 0 Å². The molecule has 0 radical (unpaired) electrons. The van der Waals surface area contributed by atoms with Crippen molar-refractivity contribution >= 4 is 28.4 Å². The Morgan fingerprint density at radius 2 is 2.22 bits per heavy atom. The maximum Gasteiger partial charge on any atom is 0.148 e. The second-order valence-electron chi connectivity index (χ2n) is 2.83. The van der Waals surface area contributed by atoms with E-state index in [1.165, 1.54) is 6.42 Å². The number of alkyl halides is 1. The molecule has 0 aromatic rings. The Balaban J connectivity index is 2.60. The van der Waals surface area contributed by atoms with Gasteiger partial charge in [-0.3, -0.25) is 4.79 Å². The monoisotopic (exact) mass is 238 g/mol. The summed E-state index contributed by atoms with van der Waals surface area (Å²) in [5, 5.41) is 0. The topological polar surface area (TPSA) is 17.1 Å². The molecular formula is C7H11IO. The molecular weight excluding hydrogens is 227 g/mol. The summed E-state index contributed by atoms with van der Waals surface area (Å²) in [6.07, 6.45) is 4.22. The molecule has 0 spiro atoms. The number of rotatable bonds is 0. The highest BCUT2D eigenvalue weighted by molar-refractivity contribution is 14.1. The van der Waals surface area contributed by atoms with E-state index in [-0.39, 0.29) is 3.42 Å². The van der Waals surface area contributed by atoms with E-state index in [0.717, 1.165) is 19.3 Å². The van der Waals surface area contributed by atoms with Crippen molar-refractivity contribution in [3.05, 3.63) is 0 Å². The van der Waals surface area contributed by atoms with Gasteiger partial charge in [-0.2, -0.15) is 0 Å². The van der Waals surface area contributed by atoms with Crippen LogP contribution in [-0.4, -0.2) is 9.20 Å². The number of Topliss-reactive ketones (excluding diaryl/α,β-unsaturated/α-hetero) is 1. The predicted octanol–water partition coefficient (Wildman–Crippen LogP) is 2.32. The summed E-state index contributed by atoms with van der Waals surface area (Å²) in [4.78, 5) is 11.1. The predicted molar refractivity (Wildman–Crippen MR) is 45.9 cm³/mol. The van der Waals surface area contributed by atoms with E-state index in [1.54, 1.807) is 0 Å². The van der Waals surface area contributed by atoms with Crippen LogP contribution in [-0.2, 0) is 4.79 Å². The molecule has 1 fully saturated rings. The van der Waals surface area contributed by atoms with Crippen LogP contribution >= 0.6 is 22.6 Å². The highest BCUT2D eigenvalue weighted by atomic mass is 127. The van der Waals surface area contributed by atoms with E-state index in [0.29, 0.717) is 5.78 Å². The summed E-state index contributed by atoms with van der Waals surface area (Å²) >= 11 is 2.27. The summed E-state index contributed by atoms with van der Waals surface area (Å²) in [6, 6.07) is 0. The number of halogens is 1. The molecule has 1 unspecified atom stereocenters. The first-order valence-electron chi connectivity index (χ1n) is 3.35. The zero-order chi connectivity index (χ0) is 6.91. The summed E-state index contributed by atoms with van der Waals surface area (Å²) in [5.74, 6) is 0.439. The molecule has 0 N–H and O–H groups in total. The van der Waals surface area contributed by atoms with Crippen LogP contribution in [0.3, 0.4) is 0 Å². The van der Waals surface area contributed by atoms with E-state index >= 15 is 0 Å². The van der Waals surface area contributed by atoms with Crippen molar-refractivity contribution in [3.8, 4) is 0 Å². The van der Waals surface area contributed by atoms with Gasteiger partial charge < -0.3 is 0 Å². The molecule has 0 heterocycles. The minimum Gasteiger partial charge on any atom is -0.298 e. The van der Waals surface area contributed by atoms with Crippen LogP contribution in [0.4, 0.5) is 0 Å². The fraction of sp³-hybridized carbons (Fsp3) is 0.857. The number of hydrogen-bond donors (Lipinski definition) is 0. The lowest BCUT2D eigenvalue weighted by Gasteiger charge is -2.25. The standard InChI is InChI=1S/C7H11IO/c1-7(8)5-3-2-4-6(7)9/h2-5H2,1H3. The number of carbonyl (C=O) groups excluding carboxylic acids is 1. The zero-order valence-electron chi connectivity index (χ0n) is 5.61. The van der Waals surface area contributed by atoms with Gasteiger partial charge in [0.15, 0.2) is 0 Å². The molecule has 0 amide bonds. The maximum atomic E-state index is 11.1. The smallest absolute Gasteiger partial charge is 0.148 e. The first-order chi connectivity index (χ1) is 4.13. The van der Waals surface area contributed by atoms with Crippen LogP contribution in [0.2, 0.25) is 0 Å². The zero-order valence-corrected chi connectivity index (χ0v) is 7.77. The van der Waals surface area contributed by atoms with Crippen molar-refractivity contribution < 1.29 is 4.79 Å². The Morgan fingerprint density at radius 1 is 1.56 bits per heavy atom. The van der Waals surface area contributed by atoms with Crippen molar-refractivity contribution in [2.24, 2.45) is 0 Å². The van der Waals surface area contributed by atoms with Crippen LogP contribution in [0.25, 0.3) is 0 Å². The van der Waals surface area contributed by atoms with Gasteiger partial charge in [-0.05, 0) is 19.8 Å². The molecule has 0 aliphatic heterocycles. The molecule has 52 valence electrons. The third kappa shape index (κ3) is 1.66. The molecule has 0 aromatic heterocycles. The second-order valence-corrected chi connectivity index (χ2v) is 5.21. The molecule has 1 aliphatic carbocycles. The quantitative estimate of drug-likeness (QED) is 0.467. The minimum absolute atomic E-state index is 0.0317. The van der Waals surface area contributed by atoms with E-state index in [2.05, 4.69) is 22.6 Å². The van der Waals surface area contributed by atoms with Gasteiger partial charge in [0.05, 0.1) is 3.42 Å². The largest absolute Gasteiger partial charge is 0.298 e. The Kier molecular flexibility index (Phi) is 2.14. The van der Waals surface area contributed by atoms with Crippen molar-refractivity contribution in [2.45, 2.75) is 36.0 Å². The molecule has 1 aliphatic rings. The number of hydrogen-bond acceptors (Lipinski definition) is 1. The lowest BCUT2D eigenvalue weighted by molar-refractivity contribution is -0.121. The van der Waals surface area contributed by atoms with Gasteiger partial charge in [0.1, 0.15) is 5.78 Å². The molecule has 0 saturated heterocycles. The maximum absolute atomic E-state index is 11.1. The van der Waals surface area contributed by atoms with Gasteiger partial charge in [-0.15, -0.1) is 0 Å². The molecule has 1 atom stereocenters. The lowest BCUT2D eigenvalue weighted by atomic mass is 9.90. The van der Waals surface area contributed by atoms with Gasteiger partial charge >= 0.3 is 0 Å². The van der Waals surface area contributed by atoms with Crippen LogP contribution in [0, 0.1) is 0 Å². The molecule has 0 aromatic carbocycles. The molecule has 1 nitrogen and oxygen atoms in total. The van der Waals surface area contributed by atoms with Gasteiger partial charge in [0.2, 0.25) is 0 Å². The molecule has 0 bridgehead atoms. The summed E-state index contributed by atoms with van der Waals surface area (Å²) < 4.78 is -0.0317. The highest BCUT2D eigenvalue weighted by Crippen LogP contribution is 2.32. The third-order valence-electron chi connectivity index (χ3n) is 1.88. The van der Waals surface area contributed by atoms with Gasteiger partial charge in [0.25, 0.3) is 0 Å². The van der Waals surface area contributed by atoms with Gasteiger partial charge in [0, 0.05) is 6.42 Å². The Morgan fingerprint density at radius 3 is 2.56 bits per heavy atom. The van der Waals surface area contributed by atoms with E-state index in [1.807, 2.05) is 6.92 Å². The molecule has 1 saturated carbocycles. The highest BCUT2D eigenvalue weighted by Gasteiger charge is 2.31. The van der Waals surface area contributed by atoms with Crippen LogP contribution < -0.4 is 0 Å². The van der Waals surface area contributed by atoms with Crippen LogP contribution in [0.15, 0.2) is 0 Å². The van der Waals surface area contributed by atoms with Crippen molar-refractivity contribution in [1.29, 1.82) is 0 Å². The summed E-state index contributed by atoms with van der Waals surface area (Å²) in [6.45, 7) is 2.04. The number of carbonyl (C=O) groups is 1. The van der Waals surface area contributed by atoms with Crippen LogP contribution in [0.5, 0.6) is 0 Å². The SMILES string of the molecule is CC1(I)CCCCC1=O. The Labute approximate surface area is 69.3 Å². The summed E-state index contributed by atoms with van der Waals surface area (Å²) in [7, 11) is 0. The molecule has 9 heavy (non-hydrogen) atoms. The average Bonchev–Trinajstić information content (AvgIpc) is 1.77. The van der Waals surface area contributed by atoms with Gasteiger partial charge in [-0.1, -0.05) is 29.0 Å². The van der Waals surface area contributed by atoms with E-state index < -0.39 is 0 Å². The van der Waals surface area contributed by atoms with Crippen LogP contribution in [0.1, 0.15) is 32.6 Å². The fourth-order valence-electron chi connectivity index (χ4n) is 1.14. The third-order valence-corrected chi connectivity index (χ3v) is 3.02.